The first-order chi connectivity index (χ1) is 17.5. The number of aliphatic hydroxyl groups is 1. The Morgan fingerprint density at radius 2 is 2.08 bits per heavy atom. The Balaban J connectivity index is 1.48. The summed E-state index contributed by atoms with van der Waals surface area (Å²) in [6.45, 7) is 10.2. The number of hydrogen-bond acceptors (Lipinski definition) is 9. The van der Waals surface area contributed by atoms with E-state index in [-0.39, 0.29) is 12.1 Å². The lowest BCUT2D eigenvalue weighted by molar-refractivity contribution is 0.172. The van der Waals surface area contributed by atoms with Gasteiger partial charge in [-0.25, -0.2) is 0 Å². The third kappa shape index (κ3) is 5.49. The largest absolute Gasteiger partial charge is 0.391 e. The molecule has 3 aromatic rings. The molecule has 10 nitrogen and oxygen atoms in total. The van der Waals surface area contributed by atoms with Gasteiger partial charge in [0.15, 0.2) is 0 Å². The van der Waals surface area contributed by atoms with E-state index in [1.165, 1.54) is 5.56 Å². The van der Waals surface area contributed by atoms with Gasteiger partial charge in [-0.15, -0.1) is 10.2 Å². The second kappa shape index (κ2) is 10.9. The number of aliphatic hydroxyl groups excluding tert-OH is 1. The van der Waals surface area contributed by atoms with Gasteiger partial charge in [0.05, 0.1) is 29.1 Å². The van der Waals surface area contributed by atoms with Gasteiger partial charge in [0.25, 0.3) is 0 Å². The van der Waals surface area contributed by atoms with Gasteiger partial charge < -0.3 is 15.3 Å². The molecule has 2 unspecified atom stereocenters. The van der Waals surface area contributed by atoms with Gasteiger partial charge in [0.2, 0.25) is 5.82 Å². The summed E-state index contributed by atoms with van der Waals surface area (Å²) in [7, 11) is 0. The number of anilines is 2. The molecule has 1 aromatic carbocycles. The van der Waals surface area contributed by atoms with Crippen molar-refractivity contribution < 1.29 is 5.11 Å². The van der Waals surface area contributed by atoms with Gasteiger partial charge in [0, 0.05) is 44.1 Å². The fraction of sp³-hybridized carbons (Fsp3) is 0.577. The molecule has 10 heteroatoms. The Kier molecular flexibility index (Phi) is 7.43. The zero-order chi connectivity index (χ0) is 25.1. The fourth-order valence-corrected chi connectivity index (χ4v) is 5.52. The minimum Gasteiger partial charge on any atom is -0.391 e. The maximum absolute atomic E-state index is 10.6. The zero-order valence-electron chi connectivity index (χ0n) is 21.4. The molecule has 36 heavy (non-hydrogen) atoms. The standard InChI is InChI=1S/C26H37N9O/c1-17(2)12-19-13-22(28-21-7-4-8-24(21)36)25(26-30-32-33-31-26)23(14-19)35-11-10-34(18(3)15-35)16-20-6-5-9-27-29-20/h5-6,9,13-14,17-18,21,24,28,36H,4,7-8,10-12,15-16H2,1-3H3,(H,30,31,32,33)/t18-,21?,24?/m0/s1. The first kappa shape index (κ1) is 24.6. The number of rotatable bonds is 8. The average Bonchev–Trinajstić information content (AvgIpc) is 3.53. The molecular formula is C26H37N9O. The number of nitrogens with one attached hydrogen (secondary N) is 2. The molecule has 0 radical (unpaired) electrons. The van der Waals surface area contributed by atoms with Crippen LogP contribution in [0.4, 0.5) is 11.4 Å². The molecule has 1 aliphatic carbocycles. The molecular weight excluding hydrogens is 454 g/mol. The van der Waals surface area contributed by atoms with E-state index >= 15 is 0 Å². The highest BCUT2D eigenvalue weighted by atomic mass is 16.3. The van der Waals surface area contributed by atoms with E-state index in [1.807, 2.05) is 12.1 Å². The minimum absolute atomic E-state index is 0.0283. The second-order valence-electron chi connectivity index (χ2n) is 10.6. The van der Waals surface area contributed by atoms with Crippen molar-refractivity contribution in [2.75, 3.05) is 29.9 Å². The molecule has 2 aromatic heterocycles. The van der Waals surface area contributed by atoms with E-state index < -0.39 is 0 Å². The molecule has 3 N–H and O–H groups in total. The van der Waals surface area contributed by atoms with Crippen LogP contribution >= 0.6 is 0 Å². The smallest absolute Gasteiger partial charge is 0.208 e. The normalized spacial score (nSPS) is 22.9. The molecule has 1 saturated carbocycles. The molecule has 0 amide bonds. The number of tetrazole rings is 1. The summed E-state index contributed by atoms with van der Waals surface area (Å²) in [5.74, 6) is 1.10. The third-order valence-electron chi connectivity index (χ3n) is 7.31. The SMILES string of the molecule is CC(C)Cc1cc(NC2CCCC2O)c(-c2nn[nH]n2)c(N2CCN(Cc3cccnn3)[C@@H](C)C2)c1. The molecule has 3 atom stereocenters. The summed E-state index contributed by atoms with van der Waals surface area (Å²) in [6, 6.07) is 8.85. The summed E-state index contributed by atoms with van der Waals surface area (Å²) in [4.78, 5) is 4.91. The molecule has 5 rings (SSSR count). The van der Waals surface area contributed by atoms with Crippen LogP contribution in [0.1, 0.15) is 51.3 Å². The summed E-state index contributed by atoms with van der Waals surface area (Å²) in [6.07, 6.45) is 5.16. The summed E-state index contributed by atoms with van der Waals surface area (Å²) in [5, 5.41) is 37.8. The van der Waals surface area contributed by atoms with E-state index in [1.54, 1.807) is 6.20 Å². The Labute approximate surface area is 212 Å². The quantitative estimate of drug-likeness (QED) is 0.437. The minimum atomic E-state index is -0.343. The van der Waals surface area contributed by atoms with Crippen molar-refractivity contribution in [1.29, 1.82) is 0 Å². The van der Waals surface area contributed by atoms with E-state index in [2.05, 4.69) is 78.8 Å². The number of aromatic nitrogens is 6. The van der Waals surface area contributed by atoms with Crippen molar-refractivity contribution >= 4 is 11.4 Å². The van der Waals surface area contributed by atoms with Crippen LogP contribution in [0.3, 0.4) is 0 Å². The van der Waals surface area contributed by atoms with Crippen molar-refractivity contribution in [2.45, 2.75) is 71.2 Å². The Morgan fingerprint density at radius 1 is 1.19 bits per heavy atom. The average molecular weight is 492 g/mol. The molecule has 0 spiro atoms. The van der Waals surface area contributed by atoms with Gasteiger partial charge in [-0.3, -0.25) is 4.90 Å². The molecule has 1 aliphatic heterocycles. The van der Waals surface area contributed by atoms with E-state index in [9.17, 15) is 5.11 Å². The predicted molar refractivity (Wildman–Crippen MR) is 140 cm³/mol. The van der Waals surface area contributed by atoms with Crippen LogP contribution in [0.25, 0.3) is 11.4 Å². The van der Waals surface area contributed by atoms with Gasteiger partial charge in [-0.1, -0.05) is 13.8 Å². The van der Waals surface area contributed by atoms with Crippen LogP contribution in [-0.4, -0.2) is 78.6 Å². The van der Waals surface area contributed by atoms with E-state index in [0.717, 1.165) is 74.5 Å². The topological polar surface area (TPSA) is 119 Å². The fourth-order valence-electron chi connectivity index (χ4n) is 5.52. The molecule has 2 fully saturated rings. The maximum Gasteiger partial charge on any atom is 0.208 e. The number of H-pyrrole nitrogens is 1. The van der Waals surface area contributed by atoms with Crippen molar-refractivity contribution in [3.8, 4) is 11.4 Å². The number of nitrogens with zero attached hydrogens (tertiary/aromatic N) is 7. The highest BCUT2D eigenvalue weighted by Crippen LogP contribution is 2.39. The lowest BCUT2D eigenvalue weighted by Crippen LogP contribution is -2.51. The van der Waals surface area contributed by atoms with Gasteiger partial charge in [-0.05, 0) is 73.6 Å². The first-order valence-corrected chi connectivity index (χ1v) is 13.1. The lowest BCUT2D eigenvalue weighted by atomic mass is 9.96. The van der Waals surface area contributed by atoms with Crippen LogP contribution in [0.15, 0.2) is 30.5 Å². The molecule has 1 saturated heterocycles. The first-order valence-electron chi connectivity index (χ1n) is 13.1. The number of aromatic amines is 1. The van der Waals surface area contributed by atoms with Crippen molar-refractivity contribution in [3.63, 3.8) is 0 Å². The van der Waals surface area contributed by atoms with Gasteiger partial charge in [0.1, 0.15) is 0 Å². The number of hydrogen-bond donors (Lipinski definition) is 3. The van der Waals surface area contributed by atoms with Crippen LogP contribution in [0, 0.1) is 5.92 Å². The number of piperazine rings is 1. The van der Waals surface area contributed by atoms with Crippen LogP contribution in [-0.2, 0) is 13.0 Å². The summed E-state index contributed by atoms with van der Waals surface area (Å²) >= 11 is 0. The predicted octanol–water partition coefficient (Wildman–Crippen LogP) is 2.89. The van der Waals surface area contributed by atoms with Crippen LogP contribution in [0.2, 0.25) is 0 Å². The highest BCUT2D eigenvalue weighted by Gasteiger charge is 2.31. The molecule has 2 aliphatic rings. The molecule has 0 bridgehead atoms. The van der Waals surface area contributed by atoms with Crippen LogP contribution in [0.5, 0.6) is 0 Å². The van der Waals surface area contributed by atoms with Gasteiger partial charge in [-0.2, -0.15) is 15.4 Å². The second-order valence-corrected chi connectivity index (χ2v) is 10.6. The molecule has 3 heterocycles. The van der Waals surface area contributed by atoms with Gasteiger partial charge >= 0.3 is 0 Å². The summed E-state index contributed by atoms with van der Waals surface area (Å²) < 4.78 is 0. The van der Waals surface area contributed by atoms with Crippen LogP contribution < -0.4 is 10.2 Å². The zero-order valence-corrected chi connectivity index (χ0v) is 21.4. The Bertz CT molecular complexity index is 1120. The number of benzene rings is 1. The molecule has 192 valence electrons. The van der Waals surface area contributed by atoms with Crippen molar-refractivity contribution in [2.24, 2.45) is 5.92 Å². The third-order valence-corrected chi connectivity index (χ3v) is 7.31. The summed E-state index contributed by atoms with van der Waals surface area (Å²) in [5.41, 5.74) is 5.31. The van der Waals surface area contributed by atoms with E-state index in [4.69, 9.17) is 0 Å². The van der Waals surface area contributed by atoms with Crippen molar-refractivity contribution in [1.82, 2.24) is 35.7 Å². The lowest BCUT2D eigenvalue weighted by Gasteiger charge is -2.41. The Hall–Kier alpha value is -3.11. The van der Waals surface area contributed by atoms with Crippen molar-refractivity contribution in [3.05, 3.63) is 41.7 Å². The van der Waals surface area contributed by atoms with E-state index in [0.29, 0.717) is 17.8 Å². The Morgan fingerprint density at radius 3 is 2.75 bits per heavy atom. The maximum atomic E-state index is 10.6. The monoisotopic (exact) mass is 491 g/mol. The highest BCUT2D eigenvalue weighted by molar-refractivity contribution is 5.87.